The first kappa shape index (κ1) is 9.34. The average molecular weight is 167 g/mol. The number of hydrogen-bond acceptors (Lipinski definition) is 3. The highest BCUT2D eigenvalue weighted by atomic mass is 15.1. The SMILES string of the molecule is CN1CCC(CCNC#N)CC1. The van der Waals surface area contributed by atoms with Gasteiger partial charge in [-0.25, -0.2) is 0 Å². The normalized spacial score (nSPS) is 20.3. The van der Waals surface area contributed by atoms with Crippen LogP contribution in [-0.2, 0) is 0 Å². The molecule has 0 spiro atoms. The van der Waals surface area contributed by atoms with Gasteiger partial charge in [0.2, 0.25) is 0 Å². The van der Waals surface area contributed by atoms with Gasteiger partial charge in [-0.15, -0.1) is 0 Å². The Bertz CT molecular complexity index is 154. The Labute approximate surface area is 74.4 Å². The molecule has 12 heavy (non-hydrogen) atoms. The molecular weight excluding hydrogens is 150 g/mol. The molecule has 1 rings (SSSR count). The smallest absolute Gasteiger partial charge is 0.176 e. The van der Waals surface area contributed by atoms with Crippen LogP contribution in [0.1, 0.15) is 19.3 Å². The van der Waals surface area contributed by atoms with Gasteiger partial charge in [0.1, 0.15) is 0 Å². The van der Waals surface area contributed by atoms with Gasteiger partial charge in [0.05, 0.1) is 0 Å². The van der Waals surface area contributed by atoms with Crippen molar-refractivity contribution in [3.8, 4) is 6.19 Å². The Morgan fingerprint density at radius 1 is 1.50 bits per heavy atom. The van der Waals surface area contributed by atoms with Crippen molar-refractivity contribution < 1.29 is 0 Å². The molecule has 68 valence electrons. The molecule has 0 aromatic rings. The van der Waals surface area contributed by atoms with E-state index in [2.05, 4.69) is 17.3 Å². The molecule has 0 unspecified atom stereocenters. The molecule has 1 heterocycles. The summed E-state index contributed by atoms with van der Waals surface area (Å²) in [6, 6.07) is 0. The number of hydrogen-bond donors (Lipinski definition) is 1. The van der Waals surface area contributed by atoms with E-state index in [0.717, 1.165) is 18.9 Å². The molecule has 3 nitrogen and oxygen atoms in total. The van der Waals surface area contributed by atoms with E-state index >= 15 is 0 Å². The summed E-state index contributed by atoms with van der Waals surface area (Å²) < 4.78 is 0. The number of piperidine rings is 1. The monoisotopic (exact) mass is 167 g/mol. The first-order valence-electron chi connectivity index (χ1n) is 4.63. The minimum atomic E-state index is 0.835. The topological polar surface area (TPSA) is 39.1 Å². The third kappa shape index (κ3) is 3.10. The molecule has 1 N–H and O–H groups in total. The predicted molar refractivity (Wildman–Crippen MR) is 48.5 cm³/mol. The van der Waals surface area contributed by atoms with Crippen LogP contribution in [0, 0.1) is 17.4 Å². The van der Waals surface area contributed by atoms with Crippen LogP contribution in [0.25, 0.3) is 0 Å². The minimum Gasteiger partial charge on any atom is -0.324 e. The molecule has 0 radical (unpaired) electrons. The van der Waals surface area contributed by atoms with Gasteiger partial charge < -0.3 is 10.2 Å². The summed E-state index contributed by atoms with van der Waals surface area (Å²) in [5, 5.41) is 11.0. The Morgan fingerprint density at radius 3 is 2.75 bits per heavy atom. The first-order valence-corrected chi connectivity index (χ1v) is 4.63. The quantitative estimate of drug-likeness (QED) is 0.384. The highest BCUT2D eigenvalue weighted by molar-refractivity contribution is 4.72. The van der Waals surface area contributed by atoms with Crippen molar-refractivity contribution >= 4 is 0 Å². The molecular formula is C9H17N3. The molecule has 0 amide bonds. The second-order valence-corrected chi connectivity index (χ2v) is 3.57. The van der Waals surface area contributed by atoms with Crippen molar-refractivity contribution in [1.29, 1.82) is 5.26 Å². The first-order chi connectivity index (χ1) is 5.83. The number of nitrogens with zero attached hydrogens (tertiary/aromatic N) is 2. The van der Waals surface area contributed by atoms with Crippen molar-refractivity contribution in [2.45, 2.75) is 19.3 Å². The van der Waals surface area contributed by atoms with Crippen molar-refractivity contribution in [1.82, 2.24) is 10.2 Å². The lowest BCUT2D eigenvalue weighted by atomic mass is 9.94. The van der Waals surface area contributed by atoms with E-state index in [1.54, 1.807) is 0 Å². The molecule has 1 aliphatic rings. The van der Waals surface area contributed by atoms with E-state index in [9.17, 15) is 0 Å². The Morgan fingerprint density at radius 2 is 2.17 bits per heavy atom. The highest BCUT2D eigenvalue weighted by Crippen LogP contribution is 2.18. The summed E-state index contributed by atoms with van der Waals surface area (Å²) in [6.45, 7) is 3.29. The predicted octanol–water partition coefficient (Wildman–Crippen LogP) is 0.789. The van der Waals surface area contributed by atoms with Crippen LogP contribution >= 0.6 is 0 Å². The van der Waals surface area contributed by atoms with Gasteiger partial charge >= 0.3 is 0 Å². The number of nitriles is 1. The summed E-state index contributed by atoms with van der Waals surface area (Å²) in [4.78, 5) is 2.37. The van der Waals surface area contributed by atoms with Gasteiger partial charge in [0.25, 0.3) is 0 Å². The van der Waals surface area contributed by atoms with Crippen molar-refractivity contribution in [2.75, 3.05) is 26.7 Å². The van der Waals surface area contributed by atoms with E-state index < -0.39 is 0 Å². The average Bonchev–Trinajstić information content (AvgIpc) is 2.09. The van der Waals surface area contributed by atoms with Gasteiger partial charge in [0, 0.05) is 6.54 Å². The van der Waals surface area contributed by atoms with E-state index in [1.165, 1.54) is 25.9 Å². The van der Waals surface area contributed by atoms with Gasteiger partial charge in [-0.1, -0.05) is 0 Å². The third-order valence-electron chi connectivity index (χ3n) is 2.59. The van der Waals surface area contributed by atoms with Crippen LogP contribution in [0.4, 0.5) is 0 Å². The zero-order valence-corrected chi connectivity index (χ0v) is 7.71. The Hall–Kier alpha value is -0.750. The molecule has 0 bridgehead atoms. The lowest BCUT2D eigenvalue weighted by Crippen LogP contribution is -2.31. The van der Waals surface area contributed by atoms with Crippen molar-refractivity contribution in [2.24, 2.45) is 5.92 Å². The molecule has 1 aliphatic heterocycles. The van der Waals surface area contributed by atoms with Gasteiger partial charge in [0.15, 0.2) is 6.19 Å². The molecule has 0 saturated carbocycles. The fourth-order valence-corrected chi connectivity index (χ4v) is 1.68. The Balaban J connectivity index is 2.06. The maximum atomic E-state index is 8.27. The van der Waals surface area contributed by atoms with Gasteiger partial charge in [-0.2, -0.15) is 5.26 Å². The fraction of sp³-hybridized carbons (Fsp3) is 0.889. The summed E-state index contributed by atoms with van der Waals surface area (Å²) in [6.07, 6.45) is 5.70. The second kappa shape index (κ2) is 5.00. The minimum absolute atomic E-state index is 0.835. The zero-order chi connectivity index (χ0) is 8.81. The van der Waals surface area contributed by atoms with Gasteiger partial charge in [-0.05, 0) is 45.3 Å². The Kier molecular flexibility index (Phi) is 3.89. The molecule has 1 saturated heterocycles. The second-order valence-electron chi connectivity index (χ2n) is 3.57. The maximum absolute atomic E-state index is 8.27. The van der Waals surface area contributed by atoms with Crippen LogP contribution in [0.2, 0.25) is 0 Å². The molecule has 0 atom stereocenters. The van der Waals surface area contributed by atoms with E-state index in [-0.39, 0.29) is 0 Å². The summed E-state index contributed by atoms with van der Waals surface area (Å²) in [7, 11) is 2.17. The lowest BCUT2D eigenvalue weighted by molar-refractivity contribution is 0.213. The fourth-order valence-electron chi connectivity index (χ4n) is 1.68. The van der Waals surface area contributed by atoms with E-state index in [4.69, 9.17) is 5.26 Å². The van der Waals surface area contributed by atoms with Crippen LogP contribution in [0.15, 0.2) is 0 Å². The van der Waals surface area contributed by atoms with E-state index in [0.29, 0.717) is 0 Å². The molecule has 0 aromatic carbocycles. The molecule has 0 aliphatic carbocycles. The molecule has 1 fully saturated rings. The van der Waals surface area contributed by atoms with Crippen LogP contribution < -0.4 is 5.32 Å². The summed E-state index contributed by atoms with van der Waals surface area (Å²) >= 11 is 0. The summed E-state index contributed by atoms with van der Waals surface area (Å²) in [5.74, 6) is 0.835. The third-order valence-corrected chi connectivity index (χ3v) is 2.59. The summed E-state index contributed by atoms with van der Waals surface area (Å²) in [5.41, 5.74) is 0. The van der Waals surface area contributed by atoms with Crippen LogP contribution in [0.3, 0.4) is 0 Å². The molecule has 0 aromatic heterocycles. The maximum Gasteiger partial charge on any atom is 0.176 e. The standard InChI is InChI=1S/C9H17N3/c1-12-6-3-9(4-7-12)2-5-11-8-10/h9,11H,2-7H2,1H3. The number of likely N-dealkylation sites (tertiary alicyclic amines) is 1. The lowest BCUT2D eigenvalue weighted by Gasteiger charge is -2.28. The van der Waals surface area contributed by atoms with Crippen LogP contribution in [0.5, 0.6) is 0 Å². The number of nitrogens with one attached hydrogen (secondary N) is 1. The highest BCUT2D eigenvalue weighted by Gasteiger charge is 2.15. The van der Waals surface area contributed by atoms with Crippen LogP contribution in [-0.4, -0.2) is 31.6 Å². The van der Waals surface area contributed by atoms with Crippen molar-refractivity contribution in [3.05, 3.63) is 0 Å². The van der Waals surface area contributed by atoms with Crippen molar-refractivity contribution in [3.63, 3.8) is 0 Å². The zero-order valence-electron chi connectivity index (χ0n) is 7.71. The number of rotatable bonds is 3. The largest absolute Gasteiger partial charge is 0.324 e. The van der Waals surface area contributed by atoms with Gasteiger partial charge in [-0.3, -0.25) is 0 Å². The van der Waals surface area contributed by atoms with E-state index in [1.807, 2.05) is 6.19 Å². The molecule has 3 heteroatoms.